The monoisotopic (exact) mass is 333 g/mol. The Labute approximate surface area is 136 Å². The molecule has 1 N–H and O–H groups in total. The Morgan fingerprint density at radius 2 is 1.71 bits per heavy atom. The smallest absolute Gasteiger partial charge is 0.406 e. The van der Waals surface area contributed by atoms with Gasteiger partial charge in [-0.05, 0) is 36.8 Å². The van der Waals surface area contributed by atoms with E-state index >= 15 is 0 Å². The average Bonchev–Trinajstić information content (AvgIpc) is 2.54. The molecule has 0 fully saturated rings. The fourth-order valence-electron chi connectivity index (χ4n) is 2.37. The molecule has 1 aromatic heterocycles. The average molecular weight is 333 g/mol. The van der Waals surface area contributed by atoms with Crippen LogP contribution in [-0.2, 0) is 0 Å². The second-order valence-corrected chi connectivity index (χ2v) is 5.22. The molecule has 0 bridgehead atoms. The molecule has 124 valence electrons. The van der Waals surface area contributed by atoms with Gasteiger partial charge in [0.1, 0.15) is 17.9 Å². The quantitative estimate of drug-likeness (QED) is 0.752. The molecule has 1 atom stereocenters. The largest absolute Gasteiger partial charge is 0.573 e. The fraction of sp³-hybridized carbons (Fsp3) is 0.176. The van der Waals surface area contributed by atoms with Crippen LogP contribution in [0.1, 0.15) is 18.5 Å². The number of hydrogen-bond donors (Lipinski definition) is 1. The summed E-state index contributed by atoms with van der Waals surface area (Å²) in [6.45, 7) is 1.90. The maximum atomic E-state index is 12.2. The lowest BCUT2D eigenvalue weighted by atomic mass is 10.1. The van der Waals surface area contributed by atoms with Crippen molar-refractivity contribution >= 4 is 16.7 Å². The van der Waals surface area contributed by atoms with Crippen LogP contribution in [0.5, 0.6) is 5.75 Å². The number of hydrogen-bond acceptors (Lipinski definition) is 4. The van der Waals surface area contributed by atoms with Crippen molar-refractivity contribution in [3.8, 4) is 5.75 Å². The Morgan fingerprint density at radius 3 is 2.42 bits per heavy atom. The molecule has 0 aliphatic rings. The Kier molecular flexibility index (Phi) is 4.24. The number of benzene rings is 2. The zero-order chi connectivity index (χ0) is 17.2. The molecule has 0 aliphatic carbocycles. The van der Waals surface area contributed by atoms with Gasteiger partial charge >= 0.3 is 6.36 Å². The van der Waals surface area contributed by atoms with Crippen molar-refractivity contribution in [2.24, 2.45) is 0 Å². The molecule has 3 aromatic rings. The van der Waals surface area contributed by atoms with Gasteiger partial charge in [0.15, 0.2) is 0 Å². The molecule has 7 heteroatoms. The van der Waals surface area contributed by atoms with Crippen LogP contribution in [0.15, 0.2) is 54.9 Å². The zero-order valence-electron chi connectivity index (χ0n) is 12.7. The van der Waals surface area contributed by atoms with Crippen LogP contribution in [0.25, 0.3) is 10.9 Å². The van der Waals surface area contributed by atoms with Crippen LogP contribution in [0.4, 0.5) is 19.0 Å². The summed E-state index contributed by atoms with van der Waals surface area (Å²) in [6.07, 6.45) is -3.22. The molecule has 3 rings (SSSR count). The minimum absolute atomic E-state index is 0.150. The third kappa shape index (κ3) is 3.73. The van der Waals surface area contributed by atoms with Gasteiger partial charge in [0.05, 0.1) is 5.52 Å². The van der Waals surface area contributed by atoms with E-state index in [4.69, 9.17) is 0 Å². The highest BCUT2D eigenvalue weighted by atomic mass is 19.4. The minimum atomic E-state index is -4.69. The third-order valence-electron chi connectivity index (χ3n) is 3.51. The van der Waals surface area contributed by atoms with E-state index in [9.17, 15) is 13.2 Å². The molecule has 2 aromatic carbocycles. The standard InChI is InChI=1S/C17H14F3N3O/c1-11(12-6-8-13(9-7-12)24-17(18,19)20)23-16-14-4-2-3-5-15(14)21-10-22-16/h2-11H,1H3,(H,21,22,23)/t11-/m1/s1. The Bertz CT molecular complexity index is 829. The number of alkyl halides is 3. The summed E-state index contributed by atoms with van der Waals surface area (Å²) in [5, 5.41) is 4.13. The highest BCUT2D eigenvalue weighted by Gasteiger charge is 2.31. The Balaban J connectivity index is 1.78. The highest BCUT2D eigenvalue weighted by Crippen LogP contribution is 2.27. The Hall–Kier alpha value is -2.83. The number of nitrogens with zero attached hydrogens (tertiary/aromatic N) is 2. The topological polar surface area (TPSA) is 47.0 Å². The van der Waals surface area contributed by atoms with E-state index in [2.05, 4.69) is 20.0 Å². The number of ether oxygens (including phenoxy) is 1. The molecule has 0 aliphatic heterocycles. The molecule has 24 heavy (non-hydrogen) atoms. The maximum Gasteiger partial charge on any atom is 0.573 e. The van der Waals surface area contributed by atoms with Crippen molar-refractivity contribution in [1.29, 1.82) is 0 Å². The zero-order valence-corrected chi connectivity index (χ0v) is 12.7. The molecule has 0 radical (unpaired) electrons. The van der Waals surface area contributed by atoms with Crippen molar-refractivity contribution < 1.29 is 17.9 Å². The number of aromatic nitrogens is 2. The molecule has 4 nitrogen and oxygen atoms in total. The first-order chi connectivity index (χ1) is 11.4. The van der Waals surface area contributed by atoms with Gasteiger partial charge in [-0.2, -0.15) is 0 Å². The Morgan fingerprint density at radius 1 is 1.00 bits per heavy atom. The summed E-state index contributed by atoms with van der Waals surface area (Å²) >= 11 is 0. The van der Waals surface area contributed by atoms with E-state index in [-0.39, 0.29) is 11.8 Å². The summed E-state index contributed by atoms with van der Waals surface area (Å²) in [7, 11) is 0. The van der Waals surface area contributed by atoms with E-state index in [1.54, 1.807) is 12.1 Å². The fourth-order valence-corrected chi connectivity index (χ4v) is 2.37. The molecular formula is C17H14F3N3O. The molecule has 0 saturated carbocycles. The van der Waals surface area contributed by atoms with Crippen molar-refractivity contribution in [2.75, 3.05) is 5.32 Å². The minimum Gasteiger partial charge on any atom is -0.406 e. The van der Waals surface area contributed by atoms with Crippen LogP contribution < -0.4 is 10.1 Å². The van der Waals surface area contributed by atoms with Gasteiger partial charge in [-0.1, -0.05) is 24.3 Å². The highest BCUT2D eigenvalue weighted by molar-refractivity contribution is 5.88. The van der Waals surface area contributed by atoms with Crippen LogP contribution in [0.3, 0.4) is 0 Å². The van der Waals surface area contributed by atoms with Crippen LogP contribution in [0, 0.1) is 0 Å². The second kappa shape index (κ2) is 6.35. The van der Waals surface area contributed by atoms with E-state index < -0.39 is 6.36 Å². The van der Waals surface area contributed by atoms with Crippen LogP contribution >= 0.6 is 0 Å². The summed E-state index contributed by atoms with van der Waals surface area (Å²) < 4.78 is 40.4. The molecule has 0 unspecified atom stereocenters. The van der Waals surface area contributed by atoms with Gasteiger partial charge in [-0.25, -0.2) is 9.97 Å². The lowest BCUT2D eigenvalue weighted by Gasteiger charge is -2.17. The lowest BCUT2D eigenvalue weighted by Crippen LogP contribution is -2.17. The van der Waals surface area contributed by atoms with Crippen LogP contribution in [0.2, 0.25) is 0 Å². The summed E-state index contributed by atoms with van der Waals surface area (Å²) in [4.78, 5) is 8.44. The van der Waals surface area contributed by atoms with Gasteiger partial charge in [0.25, 0.3) is 0 Å². The van der Waals surface area contributed by atoms with Gasteiger partial charge in [-0.3, -0.25) is 0 Å². The first-order valence-corrected chi connectivity index (χ1v) is 7.24. The van der Waals surface area contributed by atoms with E-state index in [0.717, 1.165) is 16.5 Å². The van der Waals surface area contributed by atoms with Crippen LogP contribution in [-0.4, -0.2) is 16.3 Å². The molecule has 0 spiro atoms. The van der Waals surface area contributed by atoms with Crippen molar-refractivity contribution in [2.45, 2.75) is 19.3 Å². The number of halogens is 3. The van der Waals surface area contributed by atoms with E-state index in [1.165, 1.54) is 18.5 Å². The molecule has 0 amide bonds. The molecular weight excluding hydrogens is 319 g/mol. The van der Waals surface area contributed by atoms with Gasteiger partial charge in [0.2, 0.25) is 0 Å². The maximum absolute atomic E-state index is 12.2. The van der Waals surface area contributed by atoms with E-state index in [1.807, 2.05) is 31.2 Å². The summed E-state index contributed by atoms with van der Waals surface area (Å²) in [6, 6.07) is 13.2. The van der Waals surface area contributed by atoms with Gasteiger partial charge in [-0.15, -0.1) is 13.2 Å². The third-order valence-corrected chi connectivity index (χ3v) is 3.51. The lowest BCUT2D eigenvalue weighted by molar-refractivity contribution is -0.274. The van der Waals surface area contributed by atoms with Gasteiger partial charge < -0.3 is 10.1 Å². The van der Waals surface area contributed by atoms with E-state index in [0.29, 0.717) is 5.82 Å². The summed E-state index contributed by atoms with van der Waals surface area (Å²) in [5.74, 6) is 0.426. The first-order valence-electron chi connectivity index (χ1n) is 7.24. The summed E-state index contributed by atoms with van der Waals surface area (Å²) in [5.41, 5.74) is 1.63. The molecule has 0 saturated heterocycles. The SMILES string of the molecule is C[C@@H](Nc1ncnc2ccccc12)c1ccc(OC(F)(F)F)cc1. The number of fused-ring (bicyclic) bond motifs is 1. The predicted molar refractivity (Wildman–Crippen MR) is 84.7 cm³/mol. The number of nitrogens with one attached hydrogen (secondary N) is 1. The van der Waals surface area contributed by atoms with Crippen molar-refractivity contribution in [1.82, 2.24) is 9.97 Å². The van der Waals surface area contributed by atoms with Gasteiger partial charge in [0, 0.05) is 11.4 Å². The molecule has 1 heterocycles. The van der Waals surface area contributed by atoms with Crippen molar-refractivity contribution in [3.63, 3.8) is 0 Å². The first kappa shape index (κ1) is 16.0. The second-order valence-electron chi connectivity index (χ2n) is 5.22. The predicted octanol–water partition coefficient (Wildman–Crippen LogP) is 4.70. The number of rotatable bonds is 4. The number of para-hydroxylation sites is 1. The number of anilines is 1. The van der Waals surface area contributed by atoms with Crippen molar-refractivity contribution in [3.05, 3.63) is 60.4 Å². The normalized spacial score (nSPS) is 12.8.